The van der Waals surface area contributed by atoms with Crippen LogP contribution < -0.4 is 9.46 Å². The molecule has 1 heterocycles. The number of ether oxygens (including phenoxy) is 1. The maximum atomic E-state index is 11.5. The second-order valence-corrected chi connectivity index (χ2v) is 6.79. The van der Waals surface area contributed by atoms with Crippen molar-refractivity contribution in [1.29, 1.82) is 0 Å². The number of fused-ring (bicyclic) bond motifs is 1. The van der Waals surface area contributed by atoms with Crippen LogP contribution in [0, 0.1) is 0 Å². The van der Waals surface area contributed by atoms with E-state index in [1.807, 2.05) is 12.1 Å². The smallest absolute Gasteiger partial charge is 0.278 e. The summed E-state index contributed by atoms with van der Waals surface area (Å²) in [4.78, 5) is 0. The Labute approximate surface area is 114 Å². The van der Waals surface area contributed by atoms with Gasteiger partial charge < -0.3 is 4.74 Å². The number of nitrogens with zero attached hydrogens (tertiary/aromatic N) is 1. The third kappa shape index (κ3) is 3.68. The zero-order valence-corrected chi connectivity index (χ0v) is 12.2. The molecule has 2 rings (SSSR count). The molecule has 0 bridgehead atoms. The van der Waals surface area contributed by atoms with Gasteiger partial charge >= 0.3 is 0 Å². The summed E-state index contributed by atoms with van der Waals surface area (Å²) >= 11 is 0. The average Bonchev–Trinajstić information content (AvgIpc) is 2.38. The monoisotopic (exact) mass is 284 g/mol. The molecule has 1 aliphatic rings. The van der Waals surface area contributed by atoms with E-state index >= 15 is 0 Å². The van der Waals surface area contributed by atoms with Crippen LogP contribution in [-0.2, 0) is 23.1 Å². The molecule has 106 valence electrons. The highest BCUT2D eigenvalue weighted by Gasteiger charge is 2.13. The molecular weight excluding hydrogens is 264 g/mol. The van der Waals surface area contributed by atoms with Crippen LogP contribution in [0.4, 0.5) is 0 Å². The van der Waals surface area contributed by atoms with Crippen molar-refractivity contribution in [3.8, 4) is 5.75 Å². The van der Waals surface area contributed by atoms with E-state index in [9.17, 15) is 8.42 Å². The molecule has 1 N–H and O–H groups in total. The normalized spacial score (nSPS) is 15.1. The van der Waals surface area contributed by atoms with E-state index < -0.39 is 10.2 Å². The van der Waals surface area contributed by atoms with Gasteiger partial charge in [0.15, 0.2) is 0 Å². The van der Waals surface area contributed by atoms with Crippen molar-refractivity contribution in [2.45, 2.75) is 19.3 Å². The average molecular weight is 284 g/mol. The summed E-state index contributed by atoms with van der Waals surface area (Å²) in [7, 11) is -0.302. The van der Waals surface area contributed by atoms with E-state index in [1.165, 1.54) is 24.0 Å². The highest BCUT2D eigenvalue weighted by Crippen LogP contribution is 2.25. The van der Waals surface area contributed by atoms with Gasteiger partial charge in [0.25, 0.3) is 10.2 Å². The van der Waals surface area contributed by atoms with Crippen LogP contribution in [-0.4, -0.2) is 40.0 Å². The molecule has 0 amide bonds. The SMILES string of the molecule is CN(C)S(=O)(=O)NCCc1ccc2c(c1)CCCO2. The van der Waals surface area contributed by atoms with E-state index in [0.29, 0.717) is 13.0 Å². The van der Waals surface area contributed by atoms with E-state index in [2.05, 4.69) is 10.8 Å². The maximum absolute atomic E-state index is 11.5. The van der Waals surface area contributed by atoms with Gasteiger partial charge in [-0.25, -0.2) is 4.72 Å². The van der Waals surface area contributed by atoms with Crippen LogP contribution in [0.15, 0.2) is 18.2 Å². The summed E-state index contributed by atoms with van der Waals surface area (Å²) in [6, 6.07) is 6.08. The molecule has 0 aliphatic carbocycles. The lowest BCUT2D eigenvalue weighted by molar-refractivity contribution is 0.288. The van der Waals surface area contributed by atoms with E-state index in [0.717, 1.165) is 30.8 Å². The number of rotatable bonds is 5. The summed E-state index contributed by atoms with van der Waals surface area (Å²) in [5, 5.41) is 0. The highest BCUT2D eigenvalue weighted by molar-refractivity contribution is 7.87. The molecule has 1 aromatic carbocycles. The van der Waals surface area contributed by atoms with Crippen molar-refractivity contribution in [2.75, 3.05) is 27.2 Å². The third-order valence-corrected chi connectivity index (χ3v) is 4.68. The molecule has 0 aromatic heterocycles. The standard InChI is InChI=1S/C13H20N2O3S/c1-15(2)19(16,17)14-8-7-11-5-6-13-12(10-11)4-3-9-18-13/h5-6,10,14H,3-4,7-9H2,1-2H3. The Bertz CT molecular complexity index is 541. The molecule has 6 heteroatoms. The zero-order valence-electron chi connectivity index (χ0n) is 11.3. The van der Waals surface area contributed by atoms with Crippen molar-refractivity contribution in [2.24, 2.45) is 0 Å². The highest BCUT2D eigenvalue weighted by atomic mass is 32.2. The Morgan fingerprint density at radius 1 is 1.37 bits per heavy atom. The number of hydrogen-bond donors (Lipinski definition) is 1. The van der Waals surface area contributed by atoms with Gasteiger partial charge in [0.1, 0.15) is 5.75 Å². The summed E-state index contributed by atoms with van der Waals surface area (Å²) in [6.45, 7) is 1.19. The van der Waals surface area contributed by atoms with E-state index in [1.54, 1.807) is 0 Å². The lowest BCUT2D eigenvalue weighted by Crippen LogP contribution is -2.36. The Morgan fingerprint density at radius 3 is 2.89 bits per heavy atom. The fourth-order valence-corrected chi connectivity index (χ4v) is 2.64. The minimum atomic E-state index is -3.33. The van der Waals surface area contributed by atoms with Gasteiger partial charge in [-0.05, 0) is 36.5 Å². The molecule has 0 spiro atoms. The van der Waals surface area contributed by atoms with Gasteiger partial charge in [-0.3, -0.25) is 0 Å². The van der Waals surface area contributed by atoms with Gasteiger partial charge in [0.05, 0.1) is 6.61 Å². The number of hydrogen-bond acceptors (Lipinski definition) is 3. The Hall–Kier alpha value is -1.11. The van der Waals surface area contributed by atoms with Crippen LogP contribution in [0.25, 0.3) is 0 Å². The lowest BCUT2D eigenvalue weighted by atomic mass is 10.0. The fraction of sp³-hybridized carbons (Fsp3) is 0.538. The predicted octanol–water partition coefficient (Wildman–Crippen LogP) is 0.950. The molecule has 5 nitrogen and oxygen atoms in total. The van der Waals surface area contributed by atoms with Crippen molar-refractivity contribution >= 4 is 10.2 Å². The first-order chi connectivity index (χ1) is 8.99. The first-order valence-corrected chi connectivity index (χ1v) is 7.85. The van der Waals surface area contributed by atoms with E-state index in [4.69, 9.17) is 4.74 Å². The molecule has 0 saturated carbocycles. The van der Waals surface area contributed by atoms with Gasteiger partial charge in [-0.1, -0.05) is 12.1 Å². The molecule has 1 aliphatic heterocycles. The minimum Gasteiger partial charge on any atom is -0.493 e. The van der Waals surface area contributed by atoms with Gasteiger partial charge in [0, 0.05) is 20.6 Å². The Kier molecular flexibility index (Phi) is 4.44. The topological polar surface area (TPSA) is 58.6 Å². The molecule has 0 radical (unpaired) electrons. The van der Waals surface area contributed by atoms with Crippen molar-refractivity contribution in [3.63, 3.8) is 0 Å². The van der Waals surface area contributed by atoms with Crippen molar-refractivity contribution in [1.82, 2.24) is 9.03 Å². The largest absolute Gasteiger partial charge is 0.493 e. The van der Waals surface area contributed by atoms with Crippen LogP contribution in [0.2, 0.25) is 0 Å². The second-order valence-electron chi connectivity index (χ2n) is 4.83. The fourth-order valence-electron chi connectivity index (χ4n) is 2.02. The summed E-state index contributed by atoms with van der Waals surface area (Å²) in [6.07, 6.45) is 2.76. The molecular formula is C13H20N2O3S. The molecule has 0 unspecified atom stereocenters. The third-order valence-electron chi connectivity index (χ3n) is 3.15. The van der Waals surface area contributed by atoms with Crippen LogP contribution in [0.1, 0.15) is 17.5 Å². The van der Waals surface area contributed by atoms with Gasteiger partial charge in [0.2, 0.25) is 0 Å². The van der Waals surface area contributed by atoms with Crippen molar-refractivity contribution < 1.29 is 13.2 Å². The molecule has 0 atom stereocenters. The van der Waals surface area contributed by atoms with Gasteiger partial charge in [-0.15, -0.1) is 0 Å². The molecule has 1 aromatic rings. The first kappa shape index (κ1) is 14.3. The first-order valence-electron chi connectivity index (χ1n) is 6.41. The lowest BCUT2D eigenvalue weighted by Gasteiger charge is -2.18. The Morgan fingerprint density at radius 2 is 2.16 bits per heavy atom. The summed E-state index contributed by atoms with van der Waals surface area (Å²) < 4.78 is 32.4. The number of nitrogens with one attached hydrogen (secondary N) is 1. The Balaban J connectivity index is 1.94. The molecule has 0 saturated heterocycles. The van der Waals surface area contributed by atoms with Crippen LogP contribution in [0.5, 0.6) is 5.75 Å². The summed E-state index contributed by atoms with van der Waals surface area (Å²) in [5.41, 5.74) is 2.35. The quantitative estimate of drug-likeness (QED) is 0.876. The number of benzene rings is 1. The molecule has 0 fully saturated rings. The summed E-state index contributed by atoms with van der Waals surface area (Å²) in [5.74, 6) is 0.962. The second kappa shape index (κ2) is 5.90. The van der Waals surface area contributed by atoms with E-state index in [-0.39, 0.29) is 0 Å². The van der Waals surface area contributed by atoms with Gasteiger partial charge in [-0.2, -0.15) is 12.7 Å². The van der Waals surface area contributed by atoms with Crippen molar-refractivity contribution in [3.05, 3.63) is 29.3 Å². The molecule has 19 heavy (non-hydrogen) atoms. The maximum Gasteiger partial charge on any atom is 0.278 e. The predicted molar refractivity (Wildman–Crippen MR) is 74.6 cm³/mol. The zero-order chi connectivity index (χ0) is 13.9. The minimum absolute atomic E-state index is 0.403. The van der Waals surface area contributed by atoms with Crippen LogP contribution in [0.3, 0.4) is 0 Å². The number of aryl methyl sites for hydroxylation is 1. The van der Waals surface area contributed by atoms with Crippen LogP contribution >= 0.6 is 0 Å².